The molecule has 1 rings (SSSR count). The number of aromatic nitrogens is 1. The van der Waals surface area contributed by atoms with Crippen LogP contribution in [-0.4, -0.2) is 10.6 Å². The molecule has 0 saturated heterocycles. The Morgan fingerprint density at radius 3 is 2.25 bits per heavy atom. The highest BCUT2D eigenvalue weighted by atomic mass is 32.1. The first-order chi connectivity index (χ1) is 5.52. The molecule has 0 aliphatic heterocycles. The van der Waals surface area contributed by atoms with Gasteiger partial charge in [-0.3, -0.25) is 4.99 Å². The lowest BCUT2D eigenvalue weighted by Gasteiger charge is -1.96. The number of aryl methyl sites for hydroxylation is 1. The molecule has 0 atom stereocenters. The first kappa shape index (κ1) is 9.52. The molecule has 0 amide bonds. The zero-order chi connectivity index (χ0) is 9.30. The summed E-state index contributed by atoms with van der Waals surface area (Å²) in [4.78, 5) is 7.01. The second-order valence-corrected chi connectivity index (χ2v) is 4.49. The van der Waals surface area contributed by atoms with Gasteiger partial charge in [0.05, 0.1) is 0 Å². The summed E-state index contributed by atoms with van der Waals surface area (Å²) in [6.45, 7) is 8.47. The van der Waals surface area contributed by atoms with E-state index in [1.165, 1.54) is 10.6 Å². The molecule has 0 spiro atoms. The van der Waals surface area contributed by atoms with Crippen LogP contribution in [0.4, 0.5) is 0 Å². The highest BCUT2D eigenvalue weighted by Gasteiger charge is 2.01. The van der Waals surface area contributed by atoms with E-state index in [0.717, 1.165) is 4.80 Å². The fourth-order valence-corrected chi connectivity index (χ4v) is 2.09. The number of hydrogen-bond acceptors (Lipinski definition) is 2. The van der Waals surface area contributed by atoms with Crippen LogP contribution in [-0.2, 0) is 7.05 Å². The minimum atomic E-state index is 0.383. The zero-order valence-corrected chi connectivity index (χ0v) is 9.20. The van der Waals surface area contributed by atoms with Crippen molar-refractivity contribution < 1.29 is 0 Å². The molecule has 3 heteroatoms. The Bertz CT molecular complexity index is 331. The molecule has 0 radical (unpaired) electrons. The Hall–Kier alpha value is -0.570. The summed E-state index contributed by atoms with van der Waals surface area (Å²) in [7, 11) is 2.07. The molecule has 68 valence electrons. The summed E-state index contributed by atoms with van der Waals surface area (Å²) >= 11 is 1.77. The highest BCUT2D eigenvalue weighted by molar-refractivity contribution is 7.09. The summed E-state index contributed by atoms with van der Waals surface area (Å²) in [5, 5.41) is 0. The van der Waals surface area contributed by atoms with Gasteiger partial charge < -0.3 is 4.57 Å². The molecule has 12 heavy (non-hydrogen) atoms. The Morgan fingerprint density at radius 2 is 1.92 bits per heavy atom. The monoisotopic (exact) mass is 184 g/mol. The standard InChI is InChI=1S/C9H16N2S/c1-6(2)10-9-11(5)7(3)8(4)12-9/h6H,1-5H3. The Kier molecular flexibility index (Phi) is 2.73. The smallest absolute Gasteiger partial charge is 0.185 e. The van der Waals surface area contributed by atoms with E-state index in [1.807, 2.05) is 0 Å². The molecular weight excluding hydrogens is 168 g/mol. The number of thiazole rings is 1. The van der Waals surface area contributed by atoms with Crippen LogP contribution in [0, 0.1) is 13.8 Å². The number of rotatable bonds is 1. The molecule has 2 nitrogen and oxygen atoms in total. The molecule has 0 aromatic carbocycles. The SMILES string of the molecule is Cc1sc(=NC(C)C)n(C)c1C. The minimum absolute atomic E-state index is 0.383. The fourth-order valence-electron chi connectivity index (χ4n) is 0.993. The van der Waals surface area contributed by atoms with Gasteiger partial charge in [-0.2, -0.15) is 0 Å². The Morgan fingerprint density at radius 1 is 1.33 bits per heavy atom. The van der Waals surface area contributed by atoms with E-state index < -0.39 is 0 Å². The molecule has 0 N–H and O–H groups in total. The maximum absolute atomic E-state index is 4.52. The first-order valence-corrected chi connectivity index (χ1v) is 5.01. The third-order valence-corrected chi connectivity index (χ3v) is 3.08. The van der Waals surface area contributed by atoms with Gasteiger partial charge >= 0.3 is 0 Å². The topological polar surface area (TPSA) is 17.3 Å². The van der Waals surface area contributed by atoms with Crippen LogP contribution in [0.15, 0.2) is 4.99 Å². The molecule has 1 heterocycles. The van der Waals surface area contributed by atoms with Crippen LogP contribution in [0.2, 0.25) is 0 Å². The molecule has 0 fully saturated rings. The van der Waals surface area contributed by atoms with Crippen molar-refractivity contribution in [1.29, 1.82) is 0 Å². The van der Waals surface area contributed by atoms with Gasteiger partial charge in [0.25, 0.3) is 0 Å². The van der Waals surface area contributed by atoms with Gasteiger partial charge in [0.1, 0.15) is 0 Å². The van der Waals surface area contributed by atoms with Crippen molar-refractivity contribution in [3.63, 3.8) is 0 Å². The second kappa shape index (κ2) is 3.44. The van der Waals surface area contributed by atoms with Crippen LogP contribution in [0.3, 0.4) is 0 Å². The van der Waals surface area contributed by atoms with E-state index in [2.05, 4.69) is 44.3 Å². The van der Waals surface area contributed by atoms with Gasteiger partial charge in [-0.1, -0.05) is 0 Å². The van der Waals surface area contributed by atoms with Gasteiger partial charge in [-0.15, -0.1) is 11.3 Å². The van der Waals surface area contributed by atoms with Crippen molar-refractivity contribution in [1.82, 2.24) is 4.57 Å². The largest absolute Gasteiger partial charge is 0.324 e. The molecule has 1 aromatic rings. The maximum atomic E-state index is 4.52. The molecule has 0 bridgehead atoms. The van der Waals surface area contributed by atoms with Crippen molar-refractivity contribution in [3.8, 4) is 0 Å². The fraction of sp³-hybridized carbons (Fsp3) is 0.667. The van der Waals surface area contributed by atoms with Crippen molar-refractivity contribution in [2.75, 3.05) is 0 Å². The van der Waals surface area contributed by atoms with Crippen LogP contribution in [0.25, 0.3) is 0 Å². The van der Waals surface area contributed by atoms with E-state index in [4.69, 9.17) is 0 Å². The van der Waals surface area contributed by atoms with Gasteiger partial charge in [-0.05, 0) is 27.7 Å². The molecule has 0 saturated carbocycles. The number of hydrogen-bond donors (Lipinski definition) is 0. The van der Waals surface area contributed by atoms with Gasteiger partial charge in [0.15, 0.2) is 4.80 Å². The molecular formula is C9H16N2S. The minimum Gasteiger partial charge on any atom is -0.324 e. The molecule has 0 aliphatic rings. The van der Waals surface area contributed by atoms with Crippen LogP contribution in [0.5, 0.6) is 0 Å². The third-order valence-electron chi connectivity index (χ3n) is 1.91. The highest BCUT2D eigenvalue weighted by Crippen LogP contribution is 2.07. The van der Waals surface area contributed by atoms with E-state index >= 15 is 0 Å². The predicted octanol–water partition coefficient (Wildman–Crippen LogP) is 2.01. The summed E-state index contributed by atoms with van der Waals surface area (Å²) in [5.74, 6) is 0. The molecule has 1 aromatic heterocycles. The summed E-state index contributed by atoms with van der Waals surface area (Å²) in [6, 6.07) is 0.383. The number of nitrogens with zero attached hydrogens (tertiary/aromatic N) is 2. The van der Waals surface area contributed by atoms with E-state index in [-0.39, 0.29) is 0 Å². The van der Waals surface area contributed by atoms with Gasteiger partial charge in [-0.25, -0.2) is 0 Å². The van der Waals surface area contributed by atoms with E-state index in [0.29, 0.717) is 6.04 Å². The van der Waals surface area contributed by atoms with Crippen molar-refractivity contribution in [2.45, 2.75) is 33.7 Å². The first-order valence-electron chi connectivity index (χ1n) is 4.19. The maximum Gasteiger partial charge on any atom is 0.185 e. The molecule has 0 unspecified atom stereocenters. The zero-order valence-electron chi connectivity index (χ0n) is 8.38. The van der Waals surface area contributed by atoms with Crippen LogP contribution >= 0.6 is 11.3 Å². The van der Waals surface area contributed by atoms with E-state index in [1.54, 1.807) is 11.3 Å². The van der Waals surface area contributed by atoms with Gasteiger partial charge in [0, 0.05) is 23.7 Å². The summed E-state index contributed by atoms with van der Waals surface area (Å²) in [6.07, 6.45) is 0. The quantitative estimate of drug-likeness (QED) is 0.635. The average molecular weight is 184 g/mol. The molecule has 0 aliphatic carbocycles. The third kappa shape index (κ3) is 1.78. The lowest BCUT2D eigenvalue weighted by atomic mass is 10.4. The lowest BCUT2D eigenvalue weighted by molar-refractivity contribution is 0.747. The van der Waals surface area contributed by atoms with Crippen LogP contribution in [0.1, 0.15) is 24.4 Å². The van der Waals surface area contributed by atoms with Crippen LogP contribution < -0.4 is 4.80 Å². The van der Waals surface area contributed by atoms with Crippen molar-refractivity contribution in [2.24, 2.45) is 12.0 Å². The Labute approximate surface area is 77.6 Å². The van der Waals surface area contributed by atoms with Crippen molar-refractivity contribution in [3.05, 3.63) is 15.4 Å². The van der Waals surface area contributed by atoms with Crippen molar-refractivity contribution >= 4 is 11.3 Å². The second-order valence-electron chi connectivity index (χ2n) is 3.31. The van der Waals surface area contributed by atoms with E-state index in [9.17, 15) is 0 Å². The Balaban J connectivity index is 3.27. The average Bonchev–Trinajstić information content (AvgIpc) is 2.17. The lowest BCUT2D eigenvalue weighted by Crippen LogP contribution is -2.14. The van der Waals surface area contributed by atoms with Gasteiger partial charge in [0.2, 0.25) is 0 Å². The predicted molar refractivity (Wildman–Crippen MR) is 53.5 cm³/mol. The normalized spacial score (nSPS) is 13.0. The summed E-state index contributed by atoms with van der Waals surface area (Å²) < 4.78 is 2.15. The summed E-state index contributed by atoms with van der Waals surface area (Å²) in [5.41, 5.74) is 1.32.